The summed E-state index contributed by atoms with van der Waals surface area (Å²) in [7, 11) is 0. The number of hydrogen-bond acceptors (Lipinski definition) is 3. The summed E-state index contributed by atoms with van der Waals surface area (Å²) in [6.45, 7) is 4.14. The molecule has 0 aliphatic rings. The summed E-state index contributed by atoms with van der Waals surface area (Å²) in [5, 5.41) is 12.2. The summed E-state index contributed by atoms with van der Waals surface area (Å²) in [6, 6.07) is 20.5. The van der Waals surface area contributed by atoms with Gasteiger partial charge < -0.3 is 0 Å². The zero-order valence-electron chi connectivity index (χ0n) is 15.0. The molecule has 4 rings (SSSR count). The van der Waals surface area contributed by atoms with Gasteiger partial charge in [-0.2, -0.15) is 10.2 Å². The molecule has 0 aliphatic heterocycles. The lowest BCUT2D eigenvalue weighted by Gasteiger charge is -2.04. The second-order valence-electron chi connectivity index (χ2n) is 6.43. The lowest BCUT2D eigenvalue weighted by molar-refractivity contribution is 0.832. The number of aromatic nitrogens is 5. The zero-order valence-corrected chi connectivity index (χ0v) is 15.0. The van der Waals surface area contributed by atoms with E-state index in [0.29, 0.717) is 6.42 Å². The highest BCUT2D eigenvalue weighted by atomic mass is 15.3. The summed E-state index contributed by atoms with van der Waals surface area (Å²) >= 11 is 0. The van der Waals surface area contributed by atoms with Crippen LogP contribution in [0.1, 0.15) is 34.2 Å². The number of aromatic amines is 1. The summed E-state index contributed by atoms with van der Waals surface area (Å²) < 4.78 is 1.99. The second kappa shape index (κ2) is 6.96. The van der Waals surface area contributed by atoms with Gasteiger partial charge in [-0.25, -0.2) is 9.67 Å². The van der Waals surface area contributed by atoms with Crippen molar-refractivity contribution in [3.63, 3.8) is 0 Å². The zero-order chi connectivity index (χ0) is 17.9. The molecule has 4 aromatic rings. The van der Waals surface area contributed by atoms with Crippen LogP contribution in [0.5, 0.6) is 0 Å². The summed E-state index contributed by atoms with van der Waals surface area (Å²) in [5.41, 5.74) is 5.61. The van der Waals surface area contributed by atoms with Gasteiger partial charge in [0.1, 0.15) is 5.82 Å². The highest BCUT2D eigenvalue weighted by Gasteiger charge is 2.15. The van der Waals surface area contributed by atoms with E-state index in [0.717, 1.165) is 35.1 Å². The van der Waals surface area contributed by atoms with Crippen LogP contribution >= 0.6 is 0 Å². The summed E-state index contributed by atoms with van der Waals surface area (Å²) in [6.07, 6.45) is 1.44. The number of nitrogens with zero attached hydrogens (tertiary/aromatic N) is 4. The van der Waals surface area contributed by atoms with Gasteiger partial charge in [0.15, 0.2) is 5.82 Å². The van der Waals surface area contributed by atoms with Crippen molar-refractivity contribution in [1.29, 1.82) is 0 Å². The molecule has 2 aromatic carbocycles. The standard InChI is InChI=1S/C21H21N5/c1-15-19(16(2)26(25-15)18-11-7-4-8-12-18)14-21-22-20(23-24-21)13-17-9-5-3-6-10-17/h3-12H,13-14H2,1-2H3,(H,22,23,24). The average molecular weight is 343 g/mol. The van der Waals surface area contributed by atoms with E-state index in [1.165, 1.54) is 11.1 Å². The maximum absolute atomic E-state index is 4.70. The highest BCUT2D eigenvalue weighted by molar-refractivity contribution is 5.38. The first-order valence-corrected chi connectivity index (χ1v) is 8.75. The Balaban J connectivity index is 1.56. The minimum Gasteiger partial charge on any atom is -0.263 e. The molecule has 130 valence electrons. The summed E-state index contributed by atoms with van der Waals surface area (Å²) in [4.78, 5) is 4.66. The van der Waals surface area contributed by atoms with Crippen LogP contribution < -0.4 is 0 Å². The molecule has 0 bridgehead atoms. The topological polar surface area (TPSA) is 59.4 Å². The second-order valence-corrected chi connectivity index (χ2v) is 6.43. The van der Waals surface area contributed by atoms with Gasteiger partial charge in [-0.3, -0.25) is 5.10 Å². The van der Waals surface area contributed by atoms with Gasteiger partial charge in [0.2, 0.25) is 0 Å². The van der Waals surface area contributed by atoms with Crippen molar-refractivity contribution < 1.29 is 0 Å². The van der Waals surface area contributed by atoms with Gasteiger partial charge in [-0.15, -0.1) is 0 Å². The maximum atomic E-state index is 4.70. The van der Waals surface area contributed by atoms with Crippen LogP contribution in [0, 0.1) is 13.8 Å². The van der Waals surface area contributed by atoms with Crippen LogP contribution in [-0.4, -0.2) is 25.0 Å². The summed E-state index contributed by atoms with van der Waals surface area (Å²) in [5.74, 6) is 1.69. The molecule has 0 spiro atoms. The fraction of sp³-hybridized carbons (Fsp3) is 0.190. The molecule has 5 nitrogen and oxygen atoms in total. The van der Waals surface area contributed by atoms with E-state index in [9.17, 15) is 0 Å². The molecule has 0 atom stereocenters. The van der Waals surface area contributed by atoms with Crippen molar-refractivity contribution in [2.75, 3.05) is 0 Å². The molecule has 2 aromatic heterocycles. The lowest BCUT2D eigenvalue weighted by atomic mass is 10.1. The molecular formula is C21H21N5. The van der Waals surface area contributed by atoms with E-state index in [-0.39, 0.29) is 0 Å². The predicted octanol–water partition coefficient (Wildman–Crippen LogP) is 3.79. The fourth-order valence-electron chi connectivity index (χ4n) is 3.19. The molecule has 0 aliphatic carbocycles. The molecule has 0 unspecified atom stereocenters. The Morgan fingerprint density at radius 2 is 1.58 bits per heavy atom. The minimum absolute atomic E-state index is 0.676. The molecule has 1 N–H and O–H groups in total. The number of rotatable bonds is 5. The Labute approximate surface area is 152 Å². The van der Waals surface area contributed by atoms with Crippen molar-refractivity contribution >= 4 is 0 Å². The van der Waals surface area contributed by atoms with Gasteiger partial charge in [0.25, 0.3) is 0 Å². The molecule has 0 saturated heterocycles. The van der Waals surface area contributed by atoms with E-state index in [4.69, 9.17) is 5.10 Å². The Morgan fingerprint density at radius 3 is 2.31 bits per heavy atom. The van der Waals surface area contributed by atoms with Crippen LogP contribution in [0.15, 0.2) is 60.7 Å². The molecule has 5 heteroatoms. The normalized spacial score (nSPS) is 11.0. The smallest absolute Gasteiger partial charge is 0.155 e. The van der Waals surface area contributed by atoms with E-state index < -0.39 is 0 Å². The first kappa shape index (κ1) is 16.3. The third-order valence-electron chi connectivity index (χ3n) is 4.57. The van der Waals surface area contributed by atoms with E-state index in [1.54, 1.807) is 0 Å². The first-order chi connectivity index (χ1) is 12.7. The maximum Gasteiger partial charge on any atom is 0.155 e. The molecule has 0 saturated carbocycles. The lowest BCUT2D eigenvalue weighted by Crippen LogP contribution is -2.00. The number of hydrogen-bond donors (Lipinski definition) is 1. The minimum atomic E-state index is 0.676. The predicted molar refractivity (Wildman–Crippen MR) is 101 cm³/mol. The third-order valence-corrected chi connectivity index (χ3v) is 4.57. The molecule has 0 radical (unpaired) electrons. The number of benzene rings is 2. The molecule has 26 heavy (non-hydrogen) atoms. The van der Waals surface area contributed by atoms with Crippen molar-refractivity contribution in [3.8, 4) is 5.69 Å². The Kier molecular flexibility index (Phi) is 4.35. The Hall–Kier alpha value is -3.21. The van der Waals surface area contributed by atoms with Crippen LogP contribution in [0.3, 0.4) is 0 Å². The van der Waals surface area contributed by atoms with Crippen molar-refractivity contribution in [3.05, 3.63) is 94.8 Å². The van der Waals surface area contributed by atoms with Gasteiger partial charge in [-0.1, -0.05) is 48.5 Å². The fourth-order valence-corrected chi connectivity index (χ4v) is 3.19. The van der Waals surface area contributed by atoms with Crippen LogP contribution in [0.4, 0.5) is 0 Å². The van der Waals surface area contributed by atoms with Crippen molar-refractivity contribution in [2.45, 2.75) is 26.7 Å². The van der Waals surface area contributed by atoms with Crippen LogP contribution in [-0.2, 0) is 12.8 Å². The molecule has 0 fully saturated rings. The van der Waals surface area contributed by atoms with E-state index in [1.807, 2.05) is 48.0 Å². The van der Waals surface area contributed by atoms with Crippen LogP contribution in [0.2, 0.25) is 0 Å². The molecule has 0 amide bonds. The van der Waals surface area contributed by atoms with Gasteiger partial charge >= 0.3 is 0 Å². The van der Waals surface area contributed by atoms with Gasteiger partial charge in [0, 0.05) is 24.1 Å². The van der Waals surface area contributed by atoms with E-state index >= 15 is 0 Å². The van der Waals surface area contributed by atoms with Crippen molar-refractivity contribution in [1.82, 2.24) is 25.0 Å². The van der Waals surface area contributed by atoms with Crippen LogP contribution in [0.25, 0.3) is 5.69 Å². The van der Waals surface area contributed by atoms with E-state index in [2.05, 4.69) is 46.4 Å². The van der Waals surface area contributed by atoms with Gasteiger partial charge in [-0.05, 0) is 31.5 Å². The number of para-hydroxylation sites is 1. The third kappa shape index (κ3) is 3.28. The number of H-pyrrole nitrogens is 1. The largest absolute Gasteiger partial charge is 0.263 e. The monoisotopic (exact) mass is 343 g/mol. The molecule has 2 heterocycles. The van der Waals surface area contributed by atoms with Gasteiger partial charge in [0.05, 0.1) is 11.4 Å². The van der Waals surface area contributed by atoms with Crippen molar-refractivity contribution in [2.24, 2.45) is 0 Å². The number of nitrogens with one attached hydrogen (secondary N) is 1. The number of aryl methyl sites for hydroxylation is 1. The quantitative estimate of drug-likeness (QED) is 0.600. The Morgan fingerprint density at radius 1 is 0.885 bits per heavy atom. The SMILES string of the molecule is Cc1nn(-c2ccccc2)c(C)c1Cc1n[nH]c(Cc2ccccc2)n1. The highest BCUT2D eigenvalue weighted by Crippen LogP contribution is 2.20. The average Bonchev–Trinajstić information content (AvgIpc) is 3.23. The molecular weight excluding hydrogens is 322 g/mol. The Bertz CT molecular complexity index is 1000. The first-order valence-electron chi connectivity index (χ1n) is 8.75.